The van der Waals surface area contributed by atoms with Gasteiger partial charge in [-0.05, 0) is 23.8 Å². The zero-order valence-corrected chi connectivity index (χ0v) is 17.3. The number of carbonyl (C=O) groups is 2. The van der Waals surface area contributed by atoms with Crippen molar-refractivity contribution in [1.82, 2.24) is 4.90 Å². The number of carbonyl (C=O) groups excluding carboxylic acids is 2. The number of hydrogen-bond acceptors (Lipinski definition) is 6. The van der Waals surface area contributed by atoms with E-state index in [-0.39, 0.29) is 28.7 Å². The summed E-state index contributed by atoms with van der Waals surface area (Å²) in [6.45, 7) is 3.75. The first-order chi connectivity index (χ1) is 13.7. The van der Waals surface area contributed by atoms with Gasteiger partial charge >= 0.3 is 5.97 Å². The summed E-state index contributed by atoms with van der Waals surface area (Å²) in [5.74, 6) is -1.29. The summed E-state index contributed by atoms with van der Waals surface area (Å²) in [5.41, 5.74) is -0.0182. The Balaban J connectivity index is 1.71. The smallest absolute Gasteiger partial charge is 0.342 e. The lowest BCUT2D eigenvalue weighted by atomic mass is 10.1. The van der Waals surface area contributed by atoms with Crippen LogP contribution < -0.4 is 0 Å². The number of phenolic OH excluding ortho intramolecular Hbond substituents is 1. The van der Waals surface area contributed by atoms with E-state index in [1.54, 1.807) is 18.2 Å². The minimum atomic E-state index is -3.15. The molecule has 0 aliphatic carbocycles. The molecule has 2 aromatic rings. The Labute approximate surface area is 170 Å². The van der Waals surface area contributed by atoms with Crippen molar-refractivity contribution in [3.8, 4) is 5.75 Å². The number of aromatic hydroxyl groups is 1. The molecule has 1 heterocycles. The van der Waals surface area contributed by atoms with E-state index in [2.05, 4.69) is 0 Å². The molecule has 156 valence electrons. The van der Waals surface area contributed by atoms with E-state index in [1.165, 1.54) is 11.0 Å². The lowest BCUT2D eigenvalue weighted by Gasteiger charge is -2.29. The molecule has 0 radical (unpaired) electrons. The zero-order valence-electron chi connectivity index (χ0n) is 16.5. The lowest BCUT2D eigenvalue weighted by molar-refractivity contribution is -0.137. The highest BCUT2D eigenvalue weighted by molar-refractivity contribution is 7.91. The Morgan fingerprint density at radius 1 is 1.21 bits per heavy atom. The van der Waals surface area contributed by atoms with Gasteiger partial charge in [-0.1, -0.05) is 44.2 Å². The zero-order chi connectivity index (χ0) is 21.2. The summed E-state index contributed by atoms with van der Waals surface area (Å²) in [6, 6.07) is 9.83. The van der Waals surface area contributed by atoms with Crippen molar-refractivity contribution in [3.05, 3.63) is 42.0 Å². The van der Waals surface area contributed by atoms with Gasteiger partial charge in [-0.15, -0.1) is 0 Å². The van der Waals surface area contributed by atoms with Gasteiger partial charge in [0.1, 0.15) is 11.3 Å². The number of nitrogens with zero attached hydrogens (tertiary/aromatic N) is 1. The van der Waals surface area contributed by atoms with Crippen LogP contribution in [-0.4, -0.2) is 61.0 Å². The first kappa shape index (κ1) is 21.1. The number of rotatable bonds is 6. The van der Waals surface area contributed by atoms with E-state index in [0.717, 1.165) is 5.39 Å². The summed E-state index contributed by atoms with van der Waals surface area (Å²) in [4.78, 5) is 26.6. The lowest BCUT2D eigenvalue weighted by Crippen LogP contribution is -2.45. The van der Waals surface area contributed by atoms with Gasteiger partial charge in [0.05, 0.1) is 11.5 Å². The molecule has 0 bridgehead atoms. The van der Waals surface area contributed by atoms with Gasteiger partial charge in [0.25, 0.3) is 5.91 Å². The normalized spacial score (nSPS) is 18.1. The van der Waals surface area contributed by atoms with Gasteiger partial charge in [-0.2, -0.15) is 0 Å². The van der Waals surface area contributed by atoms with Crippen LogP contribution in [0, 0.1) is 5.92 Å². The van der Waals surface area contributed by atoms with Gasteiger partial charge in [-0.3, -0.25) is 4.79 Å². The number of phenols is 1. The molecule has 1 N–H and O–H groups in total. The van der Waals surface area contributed by atoms with Crippen LogP contribution in [0.5, 0.6) is 5.75 Å². The minimum absolute atomic E-state index is 0.0182. The molecule has 1 saturated heterocycles. The van der Waals surface area contributed by atoms with E-state index in [1.807, 2.05) is 26.0 Å². The van der Waals surface area contributed by atoms with Crippen LogP contribution >= 0.6 is 0 Å². The monoisotopic (exact) mass is 419 g/mol. The summed E-state index contributed by atoms with van der Waals surface area (Å²) < 4.78 is 28.8. The molecule has 1 aliphatic rings. The molecule has 0 spiro atoms. The molecule has 1 fully saturated rings. The van der Waals surface area contributed by atoms with Crippen molar-refractivity contribution in [2.45, 2.75) is 26.3 Å². The molecule has 29 heavy (non-hydrogen) atoms. The Hall–Kier alpha value is -2.61. The van der Waals surface area contributed by atoms with Crippen LogP contribution in [0.3, 0.4) is 0 Å². The number of sulfone groups is 1. The van der Waals surface area contributed by atoms with Crippen molar-refractivity contribution < 1.29 is 27.9 Å². The fourth-order valence-corrected chi connectivity index (χ4v) is 5.31. The highest BCUT2D eigenvalue weighted by atomic mass is 32.2. The second-order valence-corrected chi connectivity index (χ2v) is 9.98. The molecule has 1 amide bonds. The number of esters is 1. The number of ether oxygens (including phenoxy) is 1. The highest BCUT2D eigenvalue weighted by Crippen LogP contribution is 2.29. The predicted molar refractivity (Wildman–Crippen MR) is 110 cm³/mol. The maximum absolute atomic E-state index is 12.7. The number of benzene rings is 2. The largest absolute Gasteiger partial charge is 0.506 e. The first-order valence-electron chi connectivity index (χ1n) is 9.55. The maximum Gasteiger partial charge on any atom is 0.342 e. The molecule has 8 heteroatoms. The van der Waals surface area contributed by atoms with Gasteiger partial charge in [0.2, 0.25) is 0 Å². The fourth-order valence-electron chi connectivity index (χ4n) is 3.58. The minimum Gasteiger partial charge on any atom is -0.506 e. The van der Waals surface area contributed by atoms with Gasteiger partial charge < -0.3 is 14.7 Å². The van der Waals surface area contributed by atoms with E-state index in [9.17, 15) is 23.1 Å². The van der Waals surface area contributed by atoms with E-state index in [4.69, 9.17) is 4.74 Å². The third-order valence-corrected chi connectivity index (χ3v) is 6.73. The standard InChI is InChI=1S/C21H25NO6S/c1-14(2)11-22(16-9-10-29(26,27)13-16)19(23)12-28-21(25)18-8-7-15-5-3-4-6-17(15)20(18)24/h3-8,14,16,24H,9-13H2,1-2H3. The Morgan fingerprint density at radius 2 is 1.93 bits per heavy atom. The Morgan fingerprint density at radius 3 is 2.59 bits per heavy atom. The Bertz CT molecular complexity index is 1030. The summed E-state index contributed by atoms with van der Waals surface area (Å²) in [6.07, 6.45) is 0.389. The van der Waals surface area contributed by atoms with E-state index >= 15 is 0 Å². The average Bonchev–Trinajstić information content (AvgIpc) is 3.03. The molecule has 0 saturated carbocycles. The molecule has 3 rings (SSSR count). The average molecular weight is 419 g/mol. The number of fused-ring (bicyclic) bond motifs is 1. The highest BCUT2D eigenvalue weighted by Gasteiger charge is 2.35. The summed E-state index contributed by atoms with van der Waals surface area (Å²) >= 11 is 0. The van der Waals surface area contributed by atoms with Crippen LogP contribution in [0.25, 0.3) is 10.8 Å². The topological polar surface area (TPSA) is 101 Å². The van der Waals surface area contributed by atoms with Crippen molar-refractivity contribution in [2.24, 2.45) is 5.92 Å². The SMILES string of the molecule is CC(C)CN(C(=O)COC(=O)c1ccc2ccccc2c1O)C1CCS(=O)(=O)C1. The van der Waals surface area contributed by atoms with Crippen LogP contribution in [-0.2, 0) is 19.4 Å². The Kier molecular flexibility index (Phi) is 6.12. The van der Waals surface area contributed by atoms with Crippen LogP contribution in [0.2, 0.25) is 0 Å². The second kappa shape index (κ2) is 8.41. The van der Waals surface area contributed by atoms with Gasteiger partial charge in [0.15, 0.2) is 16.4 Å². The van der Waals surface area contributed by atoms with Crippen molar-refractivity contribution in [3.63, 3.8) is 0 Å². The quantitative estimate of drug-likeness (QED) is 0.722. The van der Waals surface area contributed by atoms with Crippen molar-refractivity contribution >= 4 is 32.5 Å². The molecular weight excluding hydrogens is 394 g/mol. The molecule has 7 nitrogen and oxygen atoms in total. The summed E-state index contributed by atoms with van der Waals surface area (Å²) in [5, 5.41) is 11.7. The second-order valence-electron chi connectivity index (χ2n) is 7.76. The van der Waals surface area contributed by atoms with Crippen LogP contribution in [0.1, 0.15) is 30.6 Å². The molecule has 1 atom stereocenters. The number of hydrogen-bond donors (Lipinski definition) is 1. The number of amides is 1. The van der Waals surface area contributed by atoms with E-state index in [0.29, 0.717) is 18.4 Å². The van der Waals surface area contributed by atoms with Gasteiger partial charge in [-0.25, -0.2) is 13.2 Å². The summed E-state index contributed by atoms with van der Waals surface area (Å²) in [7, 11) is -3.15. The predicted octanol–water partition coefficient (Wildman–Crippen LogP) is 2.37. The first-order valence-corrected chi connectivity index (χ1v) is 11.4. The third-order valence-electron chi connectivity index (χ3n) is 4.98. The fraction of sp³-hybridized carbons (Fsp3) is 0.429. The maximum atomic E-state index is 12.7. The van der Waals surface area contributed by atoms with Crippen molar-refractivity contribution in [1.29, 1.82) is 0 Å². The molecule has 2 aromatic carbocycles. The van der Waals surface area contributed by atoms with Crippen LogP contribution in [0.15, 0.2) is 36.4 Å². The molecule has 1 aliphatic heterocycles. The molecule has 0 aromatic heterocycles. The van der Waals surface area contributed by atoms with Gasteiger partial charge in [0, 0.05) is 18.0 Å². The third kappa shape index (κ3) is 4.87. The van der Waals surface area contributed by atoms with Crippen LogP contribution in [0.4, 0.5) is 0 Å². The van der Waals surface area contributed by atoms with Crippen molar-refractivity contribution in [2.75, 3.05) is 24.7 Å². The van der Waals surface area contributed by atoms with E-state index < -0.39 is 34.4 Å². The molecular formula is C21H25NO6S. The molecule has 1 unspecified atom stereocenters.